The highest BCUT2D eigenvalue weighted by atomic mass is 35.5. The Kier molecular flexibility index (Phi) is 6.28. The first-order valence-electron chi connectivity index (χ1n) is 6.85. The third kappa shape index (κ3) is 5.24. The summed E-state index contributed by atoms with van der Waals surface area (Å²) in [5.41, 5.74) is 8.02. The molecule has 0 amide bonds. The quantitative estimate of drug-likeness (QED) is 0.615. The van der Waals surface area contributed by atoms with E-state index in [0.717, 1.165) is 23.4 Å². The zero-order chi connectivity index (χ0) is 19.3. The molecule has 1 aromatic heterocycles. The van der Waals surface area contributed by atoms with Crippen LogP contribution in [0.4, 0.5) is 9.52 Å². The van der Waals surface area contributed by atoms with Crippen LogP contribution >= 0.6 is 22.9 Å². The van der Waals surface area contributed by atoms with Crippen LogP contribution in [0.5, 0.6) is 0 Å². The number of nitrogen functional groups attached to an aromatic ring is 1. The van der Waals surface area contributed by atoms with Crippen molar-refractivity contribution < 1.29 is 17.4 Å². The lowest BCUT2D eigenvalue weighted by Crippen LogP contribution is -2.00. The minimum absolute atomic E-state index is 0.0694. The summed E-state index contributed by atoms with van der Waals surface area (Å²) in [5, 5.41) is 11.1. The normalized spacial score (nSPS) is 10.5. The lowest BCUT2D eigenvalue weighted by atomic mass is 10.1. The van der Waals surface area contributed by atoms with Crippen LogP contribution < -0.4 is 5.73 Å². The van der Waals surface area contributed by atoms with Crippen LogP contribution in [0.3, 0.4) is 0 Å². The molecule has 0 aliphatic carbocycles. The summed E-state index contributed by atoms with van der Waals surface area (Å²) >= 11 is 6.76. The van der Waals surface area contributed by atoms with Crippen molar-refractivity contribution in [3.63, 3.8) is 0 Å². The Bertz CT molecular complexity index is 1060. The van der Waals surface area contributed by atoms with Gasteiger partial charge >= 0.3 is 0 Å². The van der Waals surface area contributed by atoms with Crippen molar-refractivity contribution in [2.75, 3.05) is 5.73 Å². The van der Waals surface area contributed by atoms with E-state index < -0.39 is 20.8 Å². The number of hydrogen-bond donors (Lipinski definition) is 2. The minimum atomic E-state index is -4.48. The van der Waals surface area contributed by atoms with Gasteiger partial charge in [-0.2, -0.15) is 13.7 Å². The average molecular weight is 412 g/mol. The van der Waals surface area contributed by atoms with Gasteiger partial charge in [-0.25, -0.2) is 9.37 Å². The third-order valence-electron chi connectivity index (χ3n) is 3.00. The molecular formula is C16H11ClFN3O3S2. The SMILES string of the molecule is N#Cc1ccc(-c2csc(N)n2)cc1.O=S(=O)(O)c1ccc(Cl)cc1F. The fourth-order valence-electron chi connectivity index (χ4n) is 1.82. The summed E-state index contributed by atoms with van der Waals surface area (Å²) in [6.07, 6.45) is 0. The first-order chi connectivity index (χ1) is 12.2. The Morgan fingerprint density at radius 1 is 1.23 bits per heavy atom. The Morgan fingerprint density at radius 2 is 1.88 bits per heavy atom. The highest BCUT2D eigenvalue weighted by Gasteiger charge is 2.15. The molecule has 134 valence electrons. The van der Waals surface area contributed by atoms with Crippen LogP contribution in [0, 0.1) is 17.1 Å². The molecule has 0 saturated carbocycles. The van der Waals surface area contributed by atoms with Gasteiger partial charge < -0.3 is 5.73 Å². The number of nitrogens with zero attached hydrogens (tertiary/aromatic N) is 2. The molecule has 0 atom stereocenters. The highest BCUT2D eigenvalue weighted by molar-refractivity contribution is 7.85. The van der Waals surface area contributed by atoms with Crippen molar-refractivity contribution in [3.8, 4) is 17.3 Å². The molecule has 3 rings (SSSR count). The van der Waals surface area contributed by atoms with E-state index in [2.05, 4.69) is 11.1 Å². The van der Waals surface area contributed by atoms with Crippen molar-refractivity contribution in [2.45, 2.75) is 4.90 Å². The van der Waals surface area contributed by atoms with E-state index in [-0.39, 0.29) is 5.02 Å². The zero-order valence-electron chi connectivity index (χ0n) is 12.9. The van der Waals surface area contributed by atoms with E-state index in [1.165, 1.54) is 17.4 Å². The second kappa shape index (κ2) is 8.25. The number of rotatable bonds is 2. The maximum atomic E-state index is 12.7. The van der Waals surface area contributed by atoms with Crippen LogP contribution in [0.15, 0.2) is 52.7 Å². The highest BCUT2D eigenvalue weighted by Crippen LogP contribution is 2.23. The lowest BCUT2D eigenvalue weighted by molar-refractivity contribution is 0.473. The molecule has 0 fully saturated rings. The van der Waals surface area contributed by atoms with Gasteiger partial charge in [0.15, 0.2) is 5.13 Å². The number of benzene rings is 2. The van der Waals surface area contributed by atoms with Gasteiger partial charge in [0.25, 0.3) is 10.1 Å². The molecule has 2 aromatic carbocycles. The van der Waals surface area contributed by atoms with Crippen molar-refractivity contribution in [1.82, 2.24) is 4.98 Å². The average Bonchev–Trinajstić information content (AvgIpc) is 3.01. The molecule has 26 heavy (non-hydrogen) atoms. The minimum Gasteiger partial charge on any atom is -0.375 e. The first kappa shape index (κ1) is 19.8. The molecule has 0 bridgehead atoms. The fraction of sp³-hybridized carbons (Fsp3) is 0. The molecule has 1 heterocycles. The van der Waals surface area contributed by atoms with Crippen molar-refractivity contribution in [1.29, 1.82) is 5.26 Å². The number of hydrogen-bond acceptors (Lipinski definition) is 6. The summed E-state index contributed by atoms with van der Waals surface area (Å²) in [6, 6.07) is 12.2. The Hall–Kier alpha value is -2.51. The standard InChI is InChI=1S/C10H7N3S.C6H4ClFO3S/c11-5-7-1-3-8(4-2-7)9-6-14-10(12)13-9;7-4-1-2-6(5(8)3-4)12(9,10)11/h1-4,6H,(H2,12,13);1-3H,(H,9,10,11). The van der Waals surface area contributed by atoms with E-state index in [0.29, 0.717) is 10.7 Å². The van der Waals surface area contributed by atoms with Gasteiger partial charge in [0.05, 0.1) is 17.3 Å². The van der Waals surface area contributed by atoms with Gasteiger partial charge in [-0.3, -0.25) is 4.55 Å². The van der Waals surface area contributed by atoms with Gasteiger partial charge in [-0.05, 0) is 30.3 Å². The molecule has 0 aliphatic rings. The molecule has 0 spiro atoms. The summed E-state index contributed by atoms with van der Waals surface area (Å²) < 4.78 is 42.0. The van der Waals surface area contributed by atoms with Crippen LogP contribution in [0.1, 0.15) is 5.56 Å². The predicted octanol–water partition coefficient (Wildman–Crippen LogP) is 3.99. The van der Waals surface area contributed by atoms with Crippen molar-refractivity contribution in [2.24, 2.45) is 0 Å². The summed E-state index contributed by atoms with van der Waals surface area (Å²) in [5.74, 6) is -1.06. The number of aromatic nitrogens is 1. The van der Waals surface area contributed by atoms with Gasteiger partial charge in [-0.1, -0.05) is 23.7 Å². The van der Waals surface area contributed by atoms with E-state index in [4.69, 9.17) is 27.1 Å². The van der Waals surface area contributed by atoms with Crippen LogP contribution in [-0.2, 0) is 10.1 Å². The smallest absolute Gasteiger partial charge is 0.297 e. The Balaban J connectivity index is 0.000000190. The maximum absolute atomic E-state index is 12.7. The van der Waals surface area contributed by atoms with Crippen LogP contribution in [0.25, 0.3) is 11.3 Å². The molecule has 3 aromatic rings. The Morgan fingerprint density at radius 3 is 2.35 bits per heavy atom. The monoisotopic (exact) mass is 411 g/mol. The summed E-state index contributed by atoms with van der Waals surface area (Å²) in [7, 11) is -4.48. The molecule has 0 radical (unpaired) electrons. The zero-order valence-corrected chi connectivity index (χ0v) is 15.3. The number of halogens is 2. The number of anilines is 1. The summed E-state index contributed by atoms with van der Waals surface area (Å²) in [6.45, 7) is 0. The molecule has 10 heteroatoms. The molecule has 3 N–H and O–H groups in total. The number of thiazole rings is 1. The van der Waals surface area contributed by atoms with Crippen molar-refractivity contribution in [3.05, 3.63) is 64.2 Å². The van der Waals surface area contributed by atoms with Gasteiger partial charge in [0.1, 0.15) is 10.7 Å². The van der Waals surface area contributed by atoms with Gasteiger partial charge in [-0.15, -0.1) is 11.3 Å². The predicted molar refractivity (Wildman–Crippen MR) is 97.9 cm³/mol. The fourth-order valence-corrected chi connectivity index (χ4v) is 3.10. The number of nitrogens with two attached hydrogens (primary N) is 1. The molecule has 0 aliphatic heterocycles. The maximum Gasteiger partial charge on any atom is 0.297 e. The molecular weight excluding hydrogens is 401 g/mol. The summed E-state index contributed by atoms with van der Waals surface area (Å²) in [4.78, 5) is 3.38. The topological polar surface area (TPSA) is 117 Å². The van der Waals surface area contributed by atoms with Crippen LogP contribution in [-0.4, -0.2) is 18.0 Å². The second-order valence-electron chi connectivity index (χ2n) is 4.81. The van der Waals surface area contributed by atoms with E-state index in [1.54, 1.807) is 12.1 Å². The van der Waals surface area contributed by atoms with Gasteiger partial charge in [0.2, 0.25) is 0 Å². The third-order valence-corrected chi connectivity index (χ3v) is 4.80. The molecule has 6 nitrogen and oxygen atoms in total. The Labute approximate surface area is 158 Å². The number of nitriles is 1. The van der Waals surface area contributed by atoms with Crippen molar-refractivity contribution >= 4 is 38.2 Å². The van der Waals surface area contributed by atoms with Gasteiger partial charge in [0, 0.05) is 16.0 Å². The first-order valence-corrected chi connectivity index (χ1v) is 9.54. The largest absolute Gasteiger partial charge is 0.375 e. The second-order valence-corrected chi connectivity index (χ2v) is 7.53. The molecule has 0 unspecified atom stereocenters. The van der Waals surface area contributed by atoms with E-state index in [9.17, 15) is 12.8 Å². The van der Waals surface area contributed by atoms with E-state index in [1.807, 2.05) is 17.5 Å². The lowest BCUT2D eigenvalue weighted by Gasteiger charge is -1.98. The molecule has 0 saturated heterocycles. The van der Waals surface area contributed by atoms with Crippen LogP contribution in [0.2, 0.25) is 5.02 Å². The van der Waals surface area contributed by atoms with E-state index >= 15 is 0 Å².